The largest absolute Gasteiger partial charge is 0.394 e. The minimum atomic E-state index is -1.27. The molecule has 4 atom stereocenters. The second-order valence-electron chi connectivity index (χ2n) is 6.66. The zero-order valence-corrected chi connectivity index (χ0v) is 15.5. The van der Waals surface area contributed by atoms with Crippen molar-refractivity contribution in [3.8, 4) is 0 Å². The molecular formula is C18H21N7O4. The molecular weight excluding hydrogens is 378 g/mol. The molecule has 0 amide bonds. The van der Waals surface area contributed by atoms with Crippen molar-refractivity contribution < 1.29 is 20.1 Å². The zero-order chi connectivity index (χ0) is 20.5. The Kier molecular flexibility index (Phi) is 5.11. The number of hydrogen-bond donors (Lipinski definition) is 5. The molecule has 6 N–H and O–H groups in total. The molecule has 1 aromatic carbocycles. The van der Waals surface area contributed by atoms with Crippen molar-refractivity contribution in [3.63, 3.8) is 0 Å². The number of imidazole rings is 1. The number of nitrogens with zero attached hydrogens (tertiary/aromatic N) is 5. The first-order valence-electron chi connectivity index (χ1n) is 8.98. The molecule has 0 radical (unpaired) electrons. The van der Waals surface area contributed by atoms with Crippen molar-refractivity contribution in [1.29, 1.82) is 0 Å². The van der Waals surface area contributed by atoms with Crippen LogP contribution < -0.4 is 11.2 Å². The number of benzene rings is 1. The third-order valence-electron chi connectivity index (χ3n) is 4.75. The number of aliphatic hydroxyl groups excluding tert-OH is 3. The molecule has 11 heteroatoms. The molecule has 4 unspecified atom stereocenters. The Morgan fingerprint density at radius 1 is 1.24 bits per heavy atom. The fourth-order valence-electron chi connectivity index (χ4n) is 3.16. The van der Waals surface area contributed by atoms with E-state index >= 15 is 0 Å². The number of hydrazone groups is 1. The fourth-order valence-corrected chi connectivity index (χ4v) is 3.16. The van der Waals surface area contributed by atoms with Gasteiger partial charge in [-0.2, -0.15) is 15.1 Å². The molecule has 0 saturated carbocycles. The maximum atomic E-state index is 10.3. The first-order chi connectivity index (χ1) is 14.0. The van der Waals surface area contributed by atoms with E-state index in [2.05, 4.69) is 25.5 Å². The number of aliphatic hydroxyl groups is 3. The van der Waals surface area contributed by atoms with Gasteiger partial charge in [-0.15, -0.1) is 0 Å². The van der Waals surface area contributed by atoms with Crippen molar-refractivity contribution in [2.45, 2.75) is 31.5 Å². The Hall–Kier alpha value is -3.12. The van der Waals surface area contributed by atoms with Gasteiger partial charge in [-0.05, 0) is 12.5 Å². The van der Waals surface area contributed by atoms with Crippen molar-refractivity contribution >= 4 is 28.6 Å². The molecule has 152 valence electrons. The summed E-state index contributed by atoms with van der Waals surface area (Å²) in [7, 11) is 0. The maximum Gasteiger partial charge on any atom is 0.247 e. The number of nitrogens with one attached hydrogen (secondary N) is 1. The number of rotatable bonds is 5. The van der Waals surface area contributed by atoms with Crippen molar-refractivity contribution in [2.75, 3.05) is 17.8 Å². The van der Waals surface area contributed by atoms with Crippen LogP contribution in [0.4, 0.5) is 11.8 Å². The quantitative estimate of drug-likeness (QED) is 0.290. The summed E-state index contributed by atoms with van der Waals surface area (Å²) in [4.78, 5) is 12.7. The summed E-state index contributed by atoms with van der Waals surface area (Å²) < 4.78 is 6.99. The molecule has 1 aliphatic rings. The predicted molar refractivity (Wildman–Crippen MR) is 105 cm³/mol. The van der Waals surface area contributed by atoms with Crippen LogP contribution in [0.2, 0.25) is 0 Å². The van der Waals surface area contributed by atoms with Crippen molar-refractivity contribution in [2.24, 2.45) is 5.10 Å². The second kappa shape index (κ2) is 7.72. The number of hydrogen-bond acceptors (Lipinski definition) is 10. The second-order valence-corrected chi connectivity index (χ2v) is 6.66. The molecule has 0 spiro atoms. The lowest BCUT2D eigenvalue weighted by molar-refractivity contribution is -0.0511. The third kappa shape index (κ3) is 3.51. The Morgan fingerprint density at radius 3 is 2.69 bits per heavy atom. The minimum Gasteiger partial charge on any atom is -0.394 e. The first kappa shape index (κ1) is 19.2. The van der Waals surface area contributed by atoms with Crippen LogP contribution >= 0.6 is 0 Å². The molecule has 1 aliphatic heterocycles. The van der Waals surface area contributed by atoms with Gasteiger partial charge < -0.3 is 25.8 Å². The Bertz CT molecular complexity index is 1040. The van der Waals surface area contributed by atoms with Gasteiger partial charge in [-0.1, -0.05) is 30.3 Å². The average molecular weight is 399 g/mol. The minimum absolute atomic E-state index is 0.121. The van der Waals surface area contributed by atoms with Crippen LogP contribution in [0.15, 0.2) is 41.8 Å². The van der Waals surface area contributed by atoms with Crippen molar-refractivity contribution in [1.82, 2.24) is 19.5 Å². The molecule has 3 heterocycles. The van der Waals surface area contributed by atoms with E-state index in [4.69, 9.17) is 10.5 Å². The number of fused-ring (bicyclic) bond motifs is 1. The monoisotopic (exact) mass is 399 g/mol. The molecule has 11 nitrogen and oxygen atoms in total. The fraction of sp³-hybridized carbons (Fsp3) is 0.333. The standard InChI is InChI=1S/C18H21N7O4/c1-9(10-5-3-2-4-6-10)23-24-18-21-15(19)12-16(22-18)25(8-20-12)17-14(28)13(27)11(7-26)29-17/h2-6,8,11,13-14,17,26-28H,7H2,1H3,(H3,19,21,22,24)/b23-9+. The van der Waals surface area contributed by atoms with E-state index in [1.807, 2.05) is 37.3 Å². The van der Waals surface area contributed by atoms with Crippen LogP contribution in [0.3, 0.4) is 0 Å². The van der Waals surface area contributed by atoms with Gasteiger partial charge in [0.2, 0.25) is 5.95 Å². The summed E-state index contributed by atoms with van der Waals surface area (Å²) in [6, 6.07) is 9.59. The molecule has 4 rings (SSSR count). The van der Waals surface area contributed by atoms with Crippen LogP contribution in [0, 0.1) is 0 Å². The van der Waals surface area contributed by atoms with Gasteiger partial charge in [0.15, 0.2) is 17.7 Å². The Labute approximate surface area is 165 Å². The highest BCUT2D eigenvalue weighted by atomic mass is 16.6. The van der Waals surface area contributed by atoms with Gasteiger partial charge >= 0.3 is 0 Å². The molecule has 29 heavy (non-hydrogen) atoms. The zero-order valence-electron chi connectivity index (χ0n) is 15.5. The van der Waals surface area contributed by atoms with E-state index in [1.54, 1.807) is 0 Å². The average Bonchev–Trinajstić information content (AvgIpc) is 3.28. The van der Waals surface area contributed by atoms with Gasteiger partial charge in [0.25, 0.3) is 0 Å². The first-order valence-corrected chi connectivity index (χ1v) is 8.98. The third-order valence-corrected chi connectivity index (χ3v) is 4.75. The summed E-state index contributed by atoms with van der Waals surface area (Å²) in [6.45, 7) is 1.41. The van der Waals surface area contributed by atoms with Crippen LogP contribution in [-0.4, -0.2) is 65.5 Å². The number of aromatic nitrogens is 4. The van der Waals surface area contributed by atoms with E-state index in [0.717, 1.165) is 11.3 Å². The number of anilines is 2. The number of nitrogen functional groups attached to an aromatic ring is 1. The lowest BCUT2D eigenvalue weighted by Gasteiger charge is -2.16. The Morgan fingerprint density at radius 2 is 2.00 bits per heavy atom. The predicted octanol–water partition coefficient (Wildman–Crippen LogP) is -0.144. The van der Waals surface area contributed by atoms with Crippen molar-refractivity contribution in [3.05, 3.63) is 42.2 Å². The summed E-state index contributed by atoms with van der Waals surface area (Å²) in [5.74, 6) is 0.259. The van der Waals surface area contributed by atoms with E-state index in [1.165, 1.54) is 10.9 Å². The van der Waals surface area contributed by atoms with Gasteiger partial charge in [-0.25, -0.2) is 10.4 Å². The summed E-state index contributed by atoms with van der Waals surface area (Å²) >= 11 is 0. The lowest BCUT2D eigenvalue weighted by Crippen LogP contribution is -2.33. The normalized spacial score (nSPS) is 24.9. The molecule has 1 saturated heterocycles. The van der Waals surface area contributed by atoms with E-state index < -0.39 is 31.1 Å². The number of ether oxygens (including phenoxy) is 1. The van der Waals surface area contributed by atoms with Gasteiger partial charge in [0.05, 0.1) is 18.6 Å². The van der Waals surface area contributed by atoms with Gasteiger partial charge in [-0.3, -0.25) is 4.57 Å². The van der Waals surface area contributed by atoms with Crippen LogP contribution in [-0.2, 0) is 4.74 Å². The Balaban J connectivity index is 1.65. The van der Waals surface area contributed by atoms with Gasteiger partial charge in [0.1, 0.15) is 23.8 Å². The molecule has 1 fully saturated rings. The molecule has 0 aliphatic carbocycles. The van der Waals surface area contributed by atoms with E-state index in [9.17, 15) is 15.3 Å². The molecule has 3 aromatic rings. The van der Waals surface area contributed by atoms with Gasteiger partial charge in [0, 0.05) is 0 Å². The van der Waals surface area contributed by atoms with Crippen LogP contribution in [0.1, 0.15) is 18.7 Å². The topological polar surface area (TPSA) is 164 Å². The van der Waals surface area contributed by atoms with E-state index in [-0.39, 0.29) is 11.8 Å². The highest BCUT2D eigenvalue weighted by Crippen LogP contribution is 2.32. The SMILES string of the molecule is C/C(=N\Nc1nc(N)c2ncn(C3OC(CO)C(O)C3O)c2n1)c1ccccc1. The summed E-state index contributed by atoms with van der Waals surface area (Å²) in [5.41, 5.74) is 11.0. The summed E-state index contributed by atoms with van der Waals surface area (Å²) in [5, 5.41) is 33.9. The highest BCUT2D eigenvalue weighted by molar-refractivity contribution is 5.99. The smallest absolute Gasteiger partial charge is 0.247 e. The molecule has 2 aromatic heterocycles. The highest BCUT2D eigenvalue weighted by Gasteiger charge is 2.44. The van der Waals surface area contributed by atoms with E-state index in [0.29, 0.717) is 11.2 Å². The maximum absolute atomic E-state index is 10.3. The summed E-state index contributed by atoms with van der Waals surface area (Å²) in [6.07, 6.45) is -3.02. The van der Waals surface area contributed by atoms with Crippen LogP contribution in [0.5, 0.6) is 0 Å². The lowest BCUT2D eigenvalue weighted by atomic mass is 10.1. The molecule has 0 bridgehead atoms. The number of nitrogens with two attached hydrogens (primary N) is 1. The van der Waals surface area contributed by atoms with Crippen LogP contribution in [0.25, 0.3) is 11.2 Å².